The SMILES string of the molecule is CC(C)C1CCC[C](C2CCC(C(C)(C)C)CC2)C1. The third kappa shape index (κ3) is 3.99. The molecule has 0 heterocycles. The van der Waals surface area contributed by atoms with Crippen molar-refractivity contribution in [3.8, 4) is 0 Å². The molecule has 1 atom stereocenters. The lowest BCUT2D eigenvalue weighted by Gasteiger charge is -2.42. The molecule has 0 aliphatic heterocycles. The molecule has 0 aromatic carbocycles. The molecule has 1 radical (unpaired) electrons. The van der Waals surface area contributed by atoms with Crippen LogP contribution in [0.2, 0.25) is 0 Å². The molecule has 0 nitrogen and oxygen atoms in total. The smallest absolute Gasteiger partial charge is 0.0207 e. The van der Waals surface area contributed by atoms with Crippen LogP contribution < -0.4 is 0 Å². The van der Waals surface area contributed by atoms with Crippen LogP contribution in [-0.4, -0.2) is 0 Å². The van der Waals surface area contributed by atoms with Crippen LogP contribution in [0.15, 0.2) is 0 Å². The summed E-state index contributed by atoms with van der Waals surface area (Å²) in [5.74, 6) is 5.79. The molecule has 2 aliphatic rings. The fourth-order valence-corrected chi connectivity index (χ4v) is 4.44. The summed E-state index contributed by atoms with van der Waals surface area (Å²) < 4.78 is 0. The first-order valence-electron chi connectivity index (χ1n) is 8.72. The van der Waals surface area contributed by atoms with Crippen LogP contribution in [0.5, 0.6) is 0 Å². The van der Waals surface area contributed by atoms with E-state index in [-0.39, 0.29) is 0 Å². The zero-order chi connectivity index (χ0) is 14.0. The first kappa shape index (κ1) is 15.4. The highest BCUT2D eigenvalue weighted by Gasteiger charge is 2.35. The minimum atomic E-state index is 0.530. The van der Waals surface area contributed by atoms with Gasteiger partial charge in [-0.15, -0.1) is 0 Å². The standard InChI is InChI=1S/C19H35/c1-14(2)16-7-6-8-17(13-16)15-9-11-18(12-10-15)19(3,4)5/h14-16,18H,6-13H2,1-5H3. The summed E-state index contributed by atoms with van der Waals surface area (Å²) in [6.45, 7) is 12.1. The Morgan fingerprint density at radius 1 is 0.947 bits per heavy atom. The van der Waals surface area contributed by atoms with Crippen molar-refractivity contribution in [2.75, 3.05) is 0 Å². The summed E-state index contributed by atoms with van der Waals surface area (Å²) in [6, 6.07) is 0. The van der Waals surface area contributed by atoms with E-state index in [9.17, 15) is 0 Å². The van der Waals surface area contributed by atoms with E-state index in [2.05, 4.69) is 34.6 Å². The Labute approximate surface area is 121 Å². The fraction of sp³-hybridized carbons (Fsp3) is 0.947. The molecular weight excluding hydrogens is 228 g/mol. The van der Waals surface area contributed by atoms with Gasteiger partial charge < -0.3 is 0 Å². The highest BCUT2D eigenvalue weighted by atomic mass is 14.4. The Morgan fingerprint density at radius 3 is 2.11 bits per heavy atom. The molecule has 0 bridgehead atoms. The first-order valence-corrected chi connectivity index (χ1v) is 8.72. The zero-order valence-electron chi connectivity index (χ0n) is 14.0. The quantitative estimate of drug-likeness (QED) is 0.551. The summed E-state index contributed by atoms with van der Waals surface area (Å²) >= 11 is 0. The predicted molar refractivity (Wildman–Crippen MR) is 84.9 cm³/mol. The van der Waals surface area contributed by atoms with Gasteiger partial charge in [-0.1, -0.05) is 47.5 Å². The third-order valence-electron chi connectivity index (χ3n) is 6.07. The Hall–Kier alpha value is 0. The van der Waals surface area contributed by atoms with Gasteiger partial charge in [-0.2, -0.15) is 0 Å². The average Bonchev–Trinajstić information content (AvgIpc) is 2.38. The number of hydrogen-bond acceptors (Lipinski definition) is 0. The summed E-state index contributed by atoms with van der Waals surface area (Å²) in [4.78, 5) is 0. The van der Waals surface area contributed by atoms with Gasteiger partial charge in [-0.05, 0) is 73.5 Å². The van der Waals surface area contributed by atoms with Gasteiger partial charge in [0.1, 0.15) is 0 Å². The summed E-state index contributed by atoms with van der Waals surface area (Å²) in [5, 5.41) is 0. The molecule has 2 rings (SSSR count). The summed E-state index contributed by atoms with van der Waals surface area (Å²) in [5.41, 5.74) is 0.530. The molecule has 0 spiro atoms. The lowest BCUT2D eigenvalue weighted by Crippen LogP contribution is -2.30. The van der Waals surface area contributed by atoms with Crippen LogP contribution in [0.4, 0.5) is 0 Å². The maximum atomic E-state index is 2.43. The largest absolute Gasteiger partial charge is 0.0625 e. The van der Waals surface area contributed by atoms with Crippen LogP contribution in [0.25, 0.3) is 0 Å². The Kier molecular flexibility index (Phi) is 5.01. The minimum absolute atomic E-state index is 0.530. The van der Waals surface area contributed by atoms with Gasteiger partial charge >= 0.3 is 0 Å². The monoisotopic (exact) mass is 263 g/mol. The Morgan fingerprint density at radius 2 is 1.58 bits per heavy atom. The van der Waals surface area contributed by atoms with Crippen LogP contribution in [0.3, 0.4) is 0 Å². The van der Waals surface area contributed by atoms with Crippen molar-refractivity contribution in [3.63, 3.8) is 0 Å². The van der Waals surface area contributed by atoms with Gasteiger partial charge in [0.25, 0.3) is 0 Å². The molecule has 0 saturated heterocycles. The van der Waals surface area contributed by atoms with Crippen molar-refractivity contribution in [1.29, 1.82) is 0 Å². The van der Waals surface area contributed by atoms with E-state index in [4.69, 9.17) is 0 Å². The zero-order valence-corrected chi connectivity index (χ0v) is 14.0. The van der Waals surface area contributed by atoms with Gasteiger partial charge in [0.05, 0.1) is 0 Å². The van der Waals surface area contributed by atoms with Crippen LogP contribution in [0, 0.1) is 35.0 Å². The average molecular weight is 263 g/mol. The molecule has 0 aromatic heterocycles. The van der Waals surface area contributed by atoms with Crippen molar-refractivity contribution in [3.05, 3.63) is 5.92 Å². The second kappa shape index (κ2) is 6.19. The van der Waals surface area contributed by atoms with E-state index < -0.39 is 0 Å². The van der Waals surface area contributed by atoms with Gasteiger partial charge in [0.15, 0.2) is 0 Å². The molecule has 0 aromatic rings. The molecule has 2 saturated carbocycles. The summed E-state index contributed by atoms with van der Waals surface area (Å²) in [6.07, 6.45) is 11.8. The van der Waals surface area contributed by atoms with Gasteiger partial charge in [-0.3, -0.25) is 0 Å². The van der Waals surface area contributed by atoms with Crippen molar-refractivity contribution in [1.82, 2.24) is 0 Å². The molecule has 19 heavy (non-hydrogen) atoms. The topological polar surface area (TPSA) is 0 Å². The normalized spacial score (nSPS) is 34.7. The van der Waals surface area contributed by atoms with Crippen LogP contribution >= 0.6 is 0 Å². The first-order chi connectivity index (χ1) is 8.88. The molecule has 2 aliphatic carbocycles. The maximum Gasteiger partial charge on any atom is -0.0207 e. The lowest BCUT2D eigenvalue weighted by molar-refractivity contribution is 0.141. The molecular formula is C19H35. The van der Waals surface area contributed by atoms with E-state index in [1.54, 1.807) is 0 Å². The van der Waals surface area contributed by atoms with Crippen LogP contribution in [0.1, 0.15) is 86.0 Å². The minimum Gasteiger partial charge on any atom is -0.0625 e. The molecule has 0 amide bonds. The maximum absolute atomic E-state index is 2.43. The Balaban J connectivity index is 1.84. The fourth-order valence-electron chi connectivity index (χ4n) is 4.44. The highest BCUT2D eigenvalue weighted by Crippen LogP contribution is 2.47. The van der Waals surface area contributed by atoms with Crippen molar-refractivity contribution >= 4 is 0 Å². The van der Waals surface area contributed by atoms with E-state index in [1.807, 2.05) is 5.92 Å². The van der Waals surface area contributed by atoms with E-state index in [0.29, 0.717) is 5.41 Å². The van der Waals surface area contributed by atoms with Gasteiger partial charge in [-0.25, -0.2) is 0 Å². The van der Waals surface area contributed by atoms with Gasteiger partial charge in [0.2, 0.25) is 0 Å². The number of hydrogen-bond donors (Lipinski definition) is 0. The number of rotatable bonds is 2. The molecule has 2 fully saturated rings. The van der Waals surface area contributed by atoms with Crippen molar-refractivity contribution in [2.24, 2.45) is 29.1 Å². The van der Waals surface area contributed by atoms with E-state index in [0.717, 1.165) is 23.7 Å². The van der Waals surface area contributed by atoms with Crippen LogP contribution in [-0.2, 0) is 0 Å². The second-order valence-corrected chi connectivity index (χ2v) is 8.67. The highest BCUT2D eigenvalue weighted by molar-refractivity contribution is 5.03. The molecule has 111 valence electrons. The molecule has 0 heteroatoms. The molecule has 1 unspecified atom stereocenters. The Bertz CT molecular complexity index is 262. The van der Waals surface area contributed by atoms with E-state index >= 15 is 0 Å². The lowest BCUT2D eigenvalue weighted by atomic mass is 9.63. The van der Waals surface area contributed by atoms with Crippen molar-refractivity contribution < 1.29 is 0 Å². The summed E-state index contributed by atoms with van der Waals surface area (Å²) in [7, 11) is 0. The third-order valence-corrected chi connectivity index (χ3v) is 6.07. The second-order valence-electron chi connectivity index (χ2n) is 8.67. The predicted octanol–water partition coefficient (Wildman–Crippen LogP) is 6.26. The van der Waals surface area contributed by atoms with E-state index in [1.165, 1.54) is 51.4 Å². The van der Waals surface area contributed by atoms with Gasteiger partial charge in [0, 0.05) is 0 Å². The molecule has 0 N–H and O–H groups in total. The van der Waals surface area contributed by atoms with Crippen molar-refractivity contribution in [2.45, 2.75) is 86.0 Å².